The number of benzene rings is 3. The van der Waals surface area contributed by atoms with Crippen molar-refractivity contribution in [3.63, 3.8) is 0 Å². The number of carbonyl (C=O) groups is 5. The number of carbonyl (C=O) groups excluding carboxylic acids is 5. The van der Waals surface area contributed by atoms with E-state index in [1.807, 2.05) is 23.2 Å². The van der Waals surface area contributed by atoms with Crippen molar-refractivity contribution in [3.8, 4) is 11.5 Å². The molecule has 324 valence electrons. The van der Waals surface area contributed by atoms with E-state index in [0.717, 1.165) is 49.9 Å². The Bertz CT molecular complexity index is 2530. The van der Waals surface area contributed by atoms with Crippen molar-refractivity contribution in [1.82, 2.24) is 35.6 Å². The second-order valence-electron chi connectivity index (χ2n) is 16.1. The molecule has 5 N–H and O–H groups in total. The van der Waals surface area contributed by atoms with Gasteiger partial charge in [0.05, 0.1) is 22.7 Å². The minimum atomic E-state index is -4.71. The van der Waals surface area contributed by atoms with Crippen LogP contribution in [-0.2, 0) is 23.1 Å². The number of hydrogen-bond acceptors (Lipinski definition) is 10. The highest BCUT2D eigenvalue weighted by Crippen LogP contribution is 2.36. The topological polar surface area (TPSA) is 197 Å². The van der Waals surface area contributed by atoms with Crippen molar-refractivity contribution in [2.45, 2.75) is 63.9 Å². The van der Waals surface area contributed by atoms with Crippen LogP contribution in [0.2, 0.25) is 0 Å². The Kier molecular flexibility index (Phi) is 12.4. The maximum Gasteiger partial charge on any atom is 0.433 e. The van der Waals surface area contributed by atoms with E-state index in [-0.39, 0.29) is 41.2 Å². The number of Topliss-reactive ketones (excluding diaryl/α,β-unsaturated/α-hetero) is 1. The molecule has 5 amide bonds. The number of urea groups is 1. The predicted octanol–water partition coefficient (Wildman–Crippen LogP) is 6.34. The lowest BCUT2D eigenvalue weighted by Gasteiger charge is -2.31. The smallest absolute Gasteiger partial charge is 0.433 e. The van der Waals surface area contributed by atoms with E-state index in [4.69, 9.17) is 9.84 Å². The average Bonchev–Trinajstić information content (AvgIpc) is 3.65. The minimum absolute atomic E-state index is 0.00697. The SMILES string of the molecule is CN(CCNC(=O)NCc1ccc(Oc2cccc3c2C(=O)NC(=O)C3=O)cc1)C[C@H]1CC[C@H](n2cc3cc(NC(=O)c4cccc(C(F)(F)F)n4)c(C(C)(C)O)cc3n2)CC1. The second-order valence-corrected chi connectivity index (χ2v) is 16.1. The maximum absolute atomic E-state index is 13.2. The zero-order chi connectivity index (χ0) is 44.3. The van der Waals surface area contributed by atoms with Crippen LogP contribution in [0.25, 0.3) is 10.9 Å². The third-order valence-corrected chi connectivity index (χ3v) is 10.9. The van der Waals surface area contributed by atoms with Crippen LogP contribution in [0, 0.1) is 5.92 Å². The highest BCUT2D eigenvalue weighted by molar-refractivity contribution is 6.49. The largest absolute Gasteiger partial charge is 0.457 e. The number of amides is 5. The number of pyridine rings is 1. The number of fused-ring (bicyclic) bond motifs is 2. The van der Waals surface area contributed by atoms with Crippen molar-refractivity contribution >= 4 is 46.1 Å². The molecule has 2 aliphatic rings. The summed E-state index contributed by atoms with van der Waals surface area (Å²) in [6.07, 6.45) is 0.880. The molecule has 0 radical (unpaired) electrons. The van der Waals surface area contributed by atoms with Crippen LogP contribution < -0.4 is 26.0 Å². The summed E-state index contributed by atoms with van der Waals surface area (Å²) in [5.41, 5.74) is -0.997. The number of halogens is 3. The molecule has 0 spiro atoms. The van der Waals surface area contributed by atoms with E-state index in [1.54, 1.807) is 50.2 Å². The van der Waals surface area contributed by atoms with E-state index in [9.17, 15) is 42.3 Å². The molecule has 0 unspecified atom stereocenters. The highest BCUT2D eigenvalue weighted by Gasteiger charge is 2.34. The lowest BCUT2D eigenvalue weighted by atomic mass is 9.86. The van der Waals surface area contributed by atoms with Crippen LogP contribution in [-0.4, -0.2) is 81.0 Å². The number of likely N-dealkylation sites (N-methyl/N-ethyl adjacent to an activating group) is 1. The van der Waals surface area contributed by atoms with Crippen molar-refractivity contribution in [2.24, 2.45) is 5.92 Å². The van der Waals surface area contributed by atoms with Gasteiger partial charge in [-0.3, -0.25) is 29.2 Å². The van der Waals surface area contributed by atoms with Gasteiger partial charge in [0.1, 0.15) is 22.9 Å². The molecule has 1 aliphatic heterocycles. The monoisotopic (exact) mass is 854 g/mol. The van der Waals surface area contributed by atoms with Gasteiger partial charge in [0.15, 0.2) is 0 Å². The van der Waals surface area contributed by atoms with Crippen LogP contribution in [0.3, 0.4) is 0 Å². The summed E-state index contributed by atoms with van der Waals surface area (Å²) in [4.78, 5) is 67.6. The molecule has 2 aromatic heterocycles. The first kappa shape index (κ1) is 43.4. The van der Waals surface area contributed by atoms with Gasteiger partial charge in [0, 0.05) is 54.6 Å². The Morgan fingerprint density at radius 3 is 2.39 bits per heavy atom. The van der Waals surface area contributed by atoms with Crippen molar-refractivity contribution in [1.29, 1.82) is 0 Å². The van der Waals surface area contributed by atoms with E-state index in [0.29, 0.717) is 41.2 Å². The molecule has 0 bridgehead atoms. The summed E-state index contributed by atoms with van der Waals surface area (Å²) in [7, 11) is 2.02. The Balaban J connectivity index is 0.849. The fraction of sp³-hybridized carbons (Fsp3) is 0.341. The first-order chi connectivity index (χ1) is 29.4. The third kappa shape index (κ3) is 10.1. The van der Waals surface area contributed by atoms with E-state index < -0.39 is 46.7 Å². The number of rotatable bonds is 13. The maximum atomic E-state index is 13.2. The average molecular weight is 855 g/mol. The fourth-order valence-electron chi connectivity index (χ4n) is 7.71. The van der Waals surface area contributed by atoms with Gasteiger partial charge in [-0.15, -0.1) is 0 Å². The van der Waals surface area contributed by atoms with E-state index >= 15 is 0 Å². The number of ether oxygens (including phenoxy) is 1. The first-order valence-corrected chi connectivity index (χ1v) is 20.0. The molecular formula is C44H45F3N8O7. The standard InChI is InChI=1S/C44H45F3N8O7/c1-43(2,61)31-21-33-27(20-34(31)51-39(57)32-7-5-9-36(50-32)44(45,46)47)24-55(53-33)28-14-10-26(11-15-28)23-54(3)19-18-48-42(60)49-22-25-12-16-29(17-13-25)62-35-8-4-6-30-37(35)40(58)52-41(59)38(30)56/h4-9,12-13,16-17,20-21,24,26,28,61H,10-11,14-15,18-19,22-23H2,1-3H3,(H,51,57)(H2,48,49,60)(H,52,58,59)/t26-,28-. The quantitative estimate of drug-likeness (QED) is 0.0659. The molecule has 1 saturated carbocycles. The summed E-state index contributed by atoms with van der Waals surface area (Å²) in [6, 6.07) is 17.6. The molecule has 5 aromatic rings. The molecule has 3 heterocycles. The Morgan fingerprint density at radius 2 is 1.68 bits per heavy atom. The summed E-state index contributed by atoms with van der Waals surface area (Å²) in [5, 5.41) is 26.8. The predicted molar refractivity (Wildman–Crippen MR) is 221 cm³/mol. The van der Waals surface area contributed by atoms with Gasteiger partial charge in [-0.1, -0.05) is 24.3 Å². The molecule has 3 aromatic carbocycles. The number of hydrogen-bond donors (Lipinski definition) is 5. The first-order valence-electron chi connectivity index (χ1n) is 20.0. The Labute approximate surface area is 354 Å². The van der Waals surface area contributed by atoms with Crippen molar-refractivity contribution in [3.05, 3.63) is 113 Å². The van der Waals surface area contributed by atoms with Crippen molar-refractivity contribution in [2.75, 3.05) is 32.0 Å². The molecule has 62 heavy (non-hydrogen) atoms. The van der Waals surface area contributed by atoms with Crippen molar-refractivity contribution < 1.29 is 47.0 Å². The van der Waals surface area contributed by atoms with Gasteiger partial charge in [0.2, 0.25) is 0 Å². The zero-order valence-corrected chi connectivity index (χ0v) is 34.1. The summed E-state index contributed by atoms with van der Waals surface area (Å²) in [6.45, 7) is 5.31. The van der Waals surface area contributed by atoms with Crippen LogP contribution >= 0.6 is 0 Å². The number of ketones is 1. The van der Waals surface area contributed by atoms with Gasteiger partial charge in [0.25, 0.3) is 23.5 Å². The van der Waals surface area contributed by atoms with Crippen LogP contribution in [0.15, 0.2) is 79.0 Å². The lowest BCUT2D eigenvalue weighted by Crippen LogP contribution is -2.42. The van der Waals surface area contributed by atoms with Crippen LogP contribution in [0.4, 0.5) is 23.7 Å². The second kappa shape index (κ2) is 17.7. The molecule has 18 heteroatoms. The molecule has 0 atom stereocenters. The molecule has 1 fully saturated rings. The Hall–Kier alpha value is -6.66. The minimum Gasteiger partial charge on any atom is -0.457 e. The number of imide groups is 1. The number of alkyl halides is 3. The fourth-order valence-corrected chi connectivity index (χ4v) is 7.71. The number of nitrogens with zero attached hydrogens (tertiary/aromatic N) is 4. The van der Waals surface area contributed by atoms with E-state index in [1.165, 1.54) is 24.3 Å². The molecule has 0 saturated heterocycles. The highest BCUT2D eigenvalue weighted by atomic mass is 19.4. The summed E-state index contributed by atoms with van der Waals surface area (Å²) >= 11 is 0. The molecule has 1 aliphatic carbocycles. The summed E-state index contributed by atoms with van der Waals surface area (Å²) in [5.74, 6) is -2.35. The van der Waals surface area contributed by atoms with Gasteiger partial charge >= 0.3 is 12.2 Å². The Morgan fingerprint density at radius 1 is 0.952 bits per heavy atom. The normalized spacial score (nSPS) is 16.8. The molecule has 7 rings (SSSR count). The van der Waals surface area contributed by atoms with Gasteiger partial charge in [-0.05, 0) is 107 Å². The summed E-state index contributed by atoms with van der Waals surface area (Å²) < 4.78 is 47.5. The number of aliphatic hydroxyl groups is 1. The molecular weight excluding hydrogens is 810 g/mol. The van der Waals surface area contributed by atoms with Gasteiger partial charge in [-0.25, -0.2) is 9.78 Å². The van der Waals surface area contributed by atoms with Gasteiger partial charge in [-0.2, -0.15) is 18.3 Å². The number of anilines is 1. The van der Waals surface area contributed by atoms with Crippen LogP contribution in [0.5, 0.6) is 11.5 Å². The number of nitrogens with one attached hydrogen (secondary N) is 4. The third-order valence-electron chi connectivity index (χ3n) is 10.9. The lowest BCUT2D eigenvalue weighted by molar-refractivity contribution is -0.141. The van der Waals surface area contributed by atoms with E-state index in [2.05, 4.69) is 25.8 Å². The van der Waals surface area contributed by atoms with Gasteiger partial charge < -0.3 is 30.7 Å². The molecule has 15 nitrogen and oxygen atoms in total. The van der Waals surface area contributed by atoms with Crippen LogP contribution in [0.1, 0.15) is 93.6 Å². The zero-order valence-electron chi connectivity index (χ0n) is 34.1. The number of aromatic nitrogens is 3.